The van der Waals surface area contributed by atoms with Crippen LogP contribution in [0.1, 0.15) is 44.9 Å². The fourth-order valence-corrected chi connectivity index (χ4v) is 2.86. The van der Waals surface area contributed by atoms with E-state index < -0.39 is 0 Å². The standard InChI is InChI=1S/C13H24N2O/c16-13(12-7-4-8-14-10-12)15-9-11-5-2-1-3-6-11/h11-12,14H,1-10H2,(H,15,16)/t12-/m0/s1. The zero-order valence-electron chi connectivity index (χ0n) is 10.1. The minimum absolute atomic E-state index is 0.220. The van der Waals surface area contributed by atoms with Crippen LogP contribution in [0, 0.1) is 11.8 Å². The predicted molar refractivity (Wildman–Crippen MR) is 65.2 cm³/mol. The Balaban J connectivity index is 1.65. The number of hydrogen-bond donors (Lipinski definition) is 2. The van der Waals surface area contributed by atoms with Gasteiger partial charge in [-0.15, -0.1) is 0 Å². The van der Waals surface area contributed by atoms with Crippen LogP contribution in [0.5, 0.6) is 0 Å². The van der Waals surface area contributed by atoms with E-state index in [1.165, 1.54) is 32.1 Å². The smallest absolute Gasteiger partial charge is 0.224 e. The van der Waals surface area contributed by atoms with Gasteiger partial charge in [0.1, 0.15) is 0 Å². The molecule has 1 amide bonds. The average molecular weight is 224 g/mol. The zero-order valence-corrected chi connectivity index (χ0v) is 10.1. The molecule has 92 valence electrons. The van der Waals surface area contributed by atoms with E-state index in [0.29, 0.717) is 0 Å². The van der Waals surface area contributed by atoms with Gasteiger partial charge in [0.05, 0.1) is 5.92 Å². The van der Waals surface area contributed by atoms with Crippen molar-refractivity contribution in [2.75, 3.05) is 19.6 Å². The molecule has 2 rings (SSSR count). The van der Waals surface area contributed by atoms with Gasteiger partial charge in [0.25, 0.3) is 0 Å². The molecular formula is C13H24N2O. The molecule has 0 aromatic rings. The highest BCUT2D eigenvalue weighted by molar-refractivity contribution is 5.78. The van der Waals surface area contributed by atoms with Gasteiger partial charge in [0, 0.05) is 13.1 Å². The highest BCUT2D eigenvalue weighted by atomic mass is 16.1. The highest BCUT2D eigenvalue weighted by Gasteiger charge is 2.21. The topological polar surface area (TPSA) is 41.1 Å². The van der Waals surface area contributed by atoms with Crippen LogP contribution < -0.4 is 10.6 Å². The molecule has 3 heteroatoms. The second-order valence-electron chi connectivity index (χ2n) is 5.29. The summed E-state index contributed by atoms with van der Waals surface area (Å²) in [4.78, 5) is 11.9. The molecule has 0 aromatic heterocycles. The summed E-state index contributed by atoms with van der Waals surface area (Å²) in [5.74, 6) is 1.24. The molecule has 0 spiro atoms. The number of hydrogen-bond acceptors (Lipinski definition) is 2. The fourth-order valence-electron chi connectivity index (χ4n) is 2.86. The Morgan fingerprint density at radius 1 is 1.12 bits per heavy atom. The van der Waals surface area contributed by atoms with Gasteiger partial charge in [-0.05, 0) is 38.1 Å². The summed E-state index contributed by atoms with van der Waals surface area (Å²) in [5, 5.41) is 6.44. The number of carbonyl (C=O) groups is 1. The van der Waals surface area contributed by atoms with Crippen molar-refractivity contribution in [1.82, 2.24) is 10.6 Å². The van der Waals surface area contributed by atoms with Gasteiger partial charge in [-0.1, -0.05) is 19.3 Å². The van der Waals surface area contributed by atoms with Gasteiger partial charge in [-0.3, -0.25) is 4.79 Å². The van der Waals surface area contributed by atoms with Crippen LogP contribution in [0.3, 0.4) is 0 Å². The van der Waals surface area contributed by atoms with E-state index in [-0.39, 0.29) is 11.8 Å². The molecule has 0 unspecified atom stereocenters. The van der Waals surface area contributed by atoms with Crippen molar-refractivity contribution < 1.29 is 4.79 Å². The normalized spacial score (nSPS) is 27.6. The molecule has 1 heterocycles. The van der Waals surface area contributed by atoms with E-state index in [9.17, 15) is 4.79 Å². The maximum atomic E-state index is 11.9. The first-order valence-corrected chi connectivity index (χ1v) is 6.84. The SMILES string of the molecule is O=C(NCC1CCCCC1)[C@H]1CCCNC1. The van der Waals surface area contributed by atoms with Crippen LogP contribution in [0.2, 0.25) is 0 Å². The number of amides is 1. The first-order valence-electron chi connectivity index (χ1n) is 6.84. The molecule has 1 saturated heterocycles. The number of piperidine rings is 1. The molecule has 0 radical (unpaired) electrons. The monoisotopic (exact) mass is 224 g/mol. The van der Waals surface area contributed by atoms with Crippen molar-refractivity contribution in [3.05, 3.63) is 0 Å². The molecule has 1 aliphatic heterocycles. The second kappa shape index (κ2) is 6.24. The van der Waals surface area contributed by atoms with Crippen LogP contribution in [0.4, 0.5) is 0 Å². The summed E-state index contributed by atoms with van der Waals surface area (Å²) in [5.41, 5.74) is 0. The third-order valence-electron chi connectivity index (χ3n) is 3.96. The Hall–Kier alpha value is -0.570. The molecule has 2 fully saturated rings. The minimum atomic E-state index is 0.220. The molecule has 2 aliphatic rings. The Morgan fingerprint density at radius 3 is 2.62 bits per heavy atom. The van der Waals surface area contributed by atoms with E-state index in [4.69, 9.17) is 0 Å². The van der Waals surface area contributed by atoms with Crippen molar-refractivity contribution in [2.24, 2.45) is 11.8 Å². The first-order chi connectivity index (χ1) is 7.86. The quantitative estimate of drug-likeness (QED) is 0.766. The summed E-state index contributed by atoms with van der Waals surface area (Å²) in [6.45, 7) is 2.86. The van der Waals surface area contributed by atoms with Gasteiger partial charge in [-0.25, -0.2) is 0 Å². The maximum Gasteiger partial charge on any atom is 0.224 e. The van der Waals surface area contributed by atoms with Gasteiger partial charge < -0.3 is 10.6 Å². The van der Waals surface area contributed by atoms with Crippen molar-refractivity contribution >= 4 is 5.91 Å². The van der Waals surface area contributed by atoms with Crippen LogP contribution in [0.25, 0.3) is 0 Å². The van der Waals surface area contributed by atoms with Gasteiger partial charge >= 0.3 is 0 Å². The Kier molecular flexibility index (Phi) is 4.64. The van der Waals surface area contributed by atoms with Crippen molar-refractivity contribution in [1.29, 1.82) is 0 Å². The molecule has 1 saturated carbocycles. The lowest BCUT2D eigenvalue weighted by atomic mass is 9.89. The largest absolute Gasteiger partial charge is 0.356 e. The van der Waals surface area contributed by atoms with Crippen LogP contribution in [-0.2, 0) is 4.79 Å². The van der Waals surface area contributed by atoms with Crippen LogP contribution in [0.15, 0.2) is 0 Å². The molecule has 16 heavy (non-hydrogen) atoms. The average Bonchev–Trinajstić information content (AvgIpc) is 2.38. The van der Waals surface area contributed by atoms with Crippen molar-refractivity contribution in [3.8, 4) is 0 Å². The molecule has 0 aromatic carbocycles. The Labute approximate surface area is 98.4 Å². The molecule has 3 nitrogen and oxygen atoms in total. The van der Waals surface area contributed by atoms with Gasteiger partial charge in [-0.2, -0.15) is 0 Å². The van der Waals surface area contributed by atoms with Gasteiger partial charge in [0.2, 0.25) is 5.91 Å². The lowest BCUT2D eigenvalue weighted by Crippen LogP contribution is -2.42. The van der Waals surface area contributed by atoms with E-state index in [0.717, 1.165) is 38.4 Å². The number of nitrogens with one attached hydrogen (secondary N) is 2. The van der Waals surface area contributed by atoms with E-state index in [2.05, 4.69) is 10.6 Å². The van der Waals surface area contributed by atoms with Crippen molar-refractivity contribution in [2.45, 2.75) is 44.9 Å². The second-order valence-corrected chi connectivity index (χ2v) is 5.29. The summed E-state index contributed by atoms with van der Waals surface area (Å²) in [6.07, 6.45) is 8.91. The Bertz CT molecular complexity index is 218. The Morgan fingerprint density at radius 2 is 1.94 bits per heavy atom. The van der Waals surface area contributed by atoms with Gasteiger partial charge in [0.15, 0.2) is 0 Å². The highest BCUT2D eigenvalue weighted by Crippen LogP contribution is 2.22. The first kappa shape index (κ1) is 11.9. The van der Waals surface area contributed by atoms with E-state index >= 15 is 0 Å². The third kappa shape index (κ3) is 3.48. The number of carbonyl (C=O) groups excluding carboxylic acids is 1. The lowest BCUT2D eigenvalue weighted by molar-refractivity contribution is -0.125. The van der Waals surface area contributed by atoms with Crippen LogP contribution >= 0.6 is 0 Å². The summed E-state index contributed by atoms with van der Waals surface area (Å²) >= 11 is 0. The minimum Gasteiger partial charge on any atom is -0.356 e. The van der Waals surface area contributed by atoms with E-state index in [1.54, 1.807) is 0 Å². The predicted octanol–water partition coefficient (Wildman–Crippen LogP) is 1.68. The molecular weight excluding hydrogens is 200 g/mol. The molecule has 1 atom stereocenters. The van der Waals surface area contributed by atoms with Crippen molar-refractivity contribution in [3.63, 3.8) is 0 Å². The third-order valence-corrected chi connectivity index (χ3v) is 3.96. The maximum absolute atomic E-state index is 11.9. The molecule has 2 N–H and O–H groups in total. The summed E-state index contributed by atoms with van der Waals surface area (Å²) < 4.78 is 0. The lowest BCUT2D eigenvalue weighted by Gasteiger charge is -2.25. The van der Waals surface area contributed by atoms with E-state index in [1.807, 2.05) is 0 Å². The molecule has 0 bridgehead atoms. The fraction of sp³-hybridized carbons (Fsp3) is 0.923. The summed E-state index contributed by atoms with van der Waals surface area (Å²) in [6, 6.07) is 0. The molecule has 1 aliphatic carbocycles. The zero-order chi connectivity index (χ0) is 11.2. The number of rotatable bonds is 3. The van der Waals surface area contributed by atoms with Crippen LogP contribution in [-0.4, -0.2) is 25.5 Å². The summed E-state index contributed by atoms with van der Waals surface area (Å²) in [7, 11) is 0.